The highest BCUT2D eigenvalue weighted by Gasteiger charge is 2.08. The maximum absolute atomic E-state index is 5.94. The van der Waals surface area contributed by atoms with Crippen molar-refractivity contribution in [1.82, 2.24) is 9.55 Å². The minimum absolute atomic E-state index is 0.746. The first-order chi connectivity index (χ1) is 7.61. The Balaban J connectivity index is 2.57. The number of hydrogen-bond donors (Lipinski definition) is 1. The molecule has 3 nitrogen and oxygen atoms in total. The standard InChI is InChI=1S/C11H11ClIN3/c1-7-6-16(11(14-2)15-7)10-4-3-8(12)5-9(10)13/h3-6H,1-2H3,(H,14,15). The van der Waals surface area contributed by atoms with Gasteiger partial charge in [0.05, 0.1) is 11.4 Å². The van der Waals surface area contributed by atoms with Crippen LogP contribution in [0.4, 0.5) is 5.95 Å². The average molecular weight is 348 g/mol. The Kier molecular flexibility index (Phi) is 3.39. The lowest BCUT2D eigenvalue weighted by Crippen LogP contribution is -2.02. The summed E-state index contributed by atoms with van der Waals surface area (Å²) in [5.74, 6) is 0.831. The third kappa shape index (κ3) is 2.17. The molecular formula is C11H11ClIN3. The molecule has 0 bridgehead atoms. The first-order valence-corrected chi connectivity index (χ1v) is 6.26. The normalized spacial score (nSPS) is 10.5. The van der Waals surface area contributed by atoms with Crippen molar-refractivity contribution < 1.29 is 0 Å². The van der Waals surface area contributed by atoms with E-state index in [-0.39, 0.29) is 0 Å². The summed E-state index contributed by atoms with van der Waals surface area (Å²) in [5, 5.41) is 3.82. The number of halogens is 2. The third-order valence-electron chi connectivity index (χ3n) is 2.22. The van der Waals surface area contributed by atoms with Crippen LogP contribution in [0.5, 0.6) is 0 Å². The van der Waals surface area contributed by atoms with E-state index in [0.717, 1.165) is 25.9 Å². The first-order valence-electron chi connectivity index (χ1n) is 4.81. The fraction of sp³-hybridized carbons (Fsp3) is 0.182. The summed E-state index contributed by atoms with van der Waals surface area (Å²) in [6.07, 6.45) is 2.00. The molecule has 1 aromatic heterocycles. The molecule has 0 amide bonds. The molecule has 16 heavy (non-hydrogen) atoms. The number of nitrogens with zero attached hydrogens (tertiary/aromatic N) is 2. The molecule has 0 atom stereocenters. The van der Waals surface area contributed by atoms with E-state index in [0.29, 0.717) is 0 Å². The van der Waals surface area contributed by atoms with Gasteiger partial charge >= 0.3 is 0 Å². The van der Waals surface area contributed by atoms with Crippen LogP contribution in [0.1, 0.15) is 5.69 Å². The Labute approximate surface area is 113 Å². The molecule has 0 saturated carbocycles. The predicted octanol–water partition coefficient (Wildman–Crippen LogP) is 3.48. The quantitative estimate of drug-likeness (QED) is 0.843. The number of anilines is 1. The third-order valence-corrected chi connectivity index (χ3v) is 3.32. The smallest absolute Gasteiger partial charge is 0.207 e. The molecule has 1 aromatic carbocycles. The molecule has 1 heterocycles. The zero-order valence-corrected chi connectivity index (χ0v) is 11.9. The van der Waals surface area contributed by atoms with Crippen molar-refractivity contribution in [2.45, 2.75) is 6.92 Å². The van der Waals surface area contributed by atoms with Crippen LogP contribution in [-0.4, -0.2) is 16.6 Å². The Morgan fingerprint density at radius 1 is 1.44 bits per heavy atom. The number of hydrogen-bond acceptors (Lipinski definition) is 2. The molecule has 0 aliphatic rings. The fourth-order valence-corrected chi connectivity index (χ4v) is 2.67. The van der Waals surface area contributed by atoms with E-state index in [9.17, 15) is 0 Å². The lowest BCUT2D eigenvalue weighted by atomic mass is 10.3. The highest BCUT2D eigenvalue weighted by Crippen LogP contribution is 2.24. The van der Waals surface area contributed by atoms with Crippen LogP contribution in [0.25, 0.3) is 5.69 Å². The molecule has 84 valence electrons. The number of rotatable bonds is 2. The zero-order chi connectivity index (χ0) is 11.7. The van der Waals surface area contributed by atoms with Crippen molar-refractivity contribution in [1.29, 1.82) is 0 Å². The molecule has 0 radical (unpaired) electrons. The fourth-order valence-electron chi connectivity index (χ4n) is 1.53. The number of nitrogens with one attached hydrogen (secondary N) is 1. The average Bonchev–Trinajstić information content (AvgIpc) is 2.59. The van der Waals surface area contributed by atoms with Gasteiger partial charge in [0.1, 0.15) is 0 Å². The Bertz CT molecular complexity index is 522. The van der Waals surface area contributed by atoms with E-state index in [4.69, 9.17) is 11.6 Å². The van der Waals surface area contributed by atoms with Gasteiger partial charge in [0, 0.05) is 21.8 Å². The molecule has 0 fully saturated rings. The van der Waals surface area contributed by atoms with Gasteiger partial charge in [-0.2, -0.15) is 0 Å². The van der Waals surface area contributed by atoms with Crippen LogP contribution in [0.15, 0.2) is 24.4 Å². The number of imidazole rings is 1. The molecule has 0 saturated heterocycles. The molecule has 0 unspecified atom stereocenters. The molecule has 1 N–H and O–H groups in total. The minimum atomic E-state index is 0.746. The first kappa shape index (κ1) is 11.7. The molecular weight excluding hydrogens is 336 g/mol. The summed E-state index contributed by atoms with van der Waals surface area (Å²) in [4.78, 5) is 4.38. The van der Waals surface area contributed by atoms with E-state index in [2.05, 4.69) is 32.9 Å². The molecule has 2 aromatic rings. The highest BCUT2D eigenvalue weighted by atomic mass is 127. The van der Waals surface area contributed by atoms with E-state index in [1.807, 2.05) is 42.9 Å². The highest BCUT2D eigenvalue weighted by molar-refractivity contribution is 14.1. The second-order valence-electron chi connectivity index (χ2n) is 3.42. The van der Waals surface area contributed by atoms with Gasteiger partial charge in [-0.1, -0.05) is 11.6 Å². The maximum atomic E-state index is 5.94. The molecule has 0 aliphatic heterocycles. The van der Waals surface area contributed by atoms with Gasteiger partial charge in [-0.05, 0) is 47.7 Å². The minimum Gasteiger partial charge on any atom is -0.358 e. The summed E-state index contributed by atoms with van der Waals surface area (Å²) in [6, 6.07) is 5.81. The lowest BCUT2D eigenvalue weighted by molar-refractivity contribution is 1.05. The second kappa shape index (κ2) is 4.63. The summed E-state index contributed by atoms with van der Waals surface area (Å²) in [7, 11) is 1.86. The predicted molar refractivity (Wildman–Crippen MR) is 75.6 cm³/mol. The van der Waals surface area contributed by atoms with Crippen LogP contribution < -0.4 is 5.32 Å². The monoisotopic (exact) mass is 347 g/mol. The summed E-state index contributed by atoms with van der Waals surface area (Å²) >= 11 is 8.21. The topological polar surface area (TPSA) is 29.9 Å². The van der Waals surface area contributed by atoms with Gasteiger partial charge in [-0.15, -0.1) is 0 Å². The van der Waals surface area contributed by atoms with Crippen molar-refractivity contribution in [3.8, 4) is 5.69 Å². The number of benzene rings is 1. The Morgan fingerprint density at radius 3 is 2.81 bits per heavy atom. The molecule has 0 aliphatic carbocycles. The SMILES string of the molecule is CNc1nc(C)cn1-c1ccc(Cl)cc1I. The number of aryl methyl sites for hydroxylation is 1. The largest absolute Gasteiger partial charge is 0.358 e. The van der Waals surface area contributed by atoms with Gasteiger partial charge in [-0.3, -0.25) is 4.57 Å². The Morgan fingerprint density at radius 2 is 2.19 bits per heavy atom. The van der Waals surface area contributed by atoms with E-state index >= 15 is 0 Å². The van der Waals surface area contributed by atoms with Gasteiger partial charge < -0.3 is 5.32 Å². The second-order valence-corrected chi connectivity index (χ2v) is 5.02. The van der Waals surface area contributed by atoms with Crippen molar-refractivity contribution in [2.75, 3.05) is 12.4 Å². The number of aromatic nitrogens is 2. The van der Waals surface area contributed by atoms with Crippen LogP contribution in [-0.2, 0) is 0 Å². The maximum Gasteiger partial charge on any atom is 0.207 e. The molecule has 5 heteroatoms. The molecule has 2 rings (SSSR count). The van der Waals surface area contributed by atoms with Gasteiger partial charge in [-0.25, -0.2) is 4.98 Å². The van der Waals surface area contributed by atoms with Gasteiger partial charge in [0.15, 0.2) is 0 Å². The van der Waals surface area contributed by atoms with Crippen molar-refractivity contribution >= 4 is 40.1 Å². The van der Waals surface area contributed by atoms with E-state index in [1.165, 1.54) is 0 Å². The Hall–Kier alpha value is -0.750. The van der Waals surface area contributed by atoms with Crippen LogP contribution in [0.2, 0.25) is 5.02 Å². The van der Waals surface area contributed by atoms with Gasteiger partial charge in [0.25, 0.3) is 0 Å². The van der Waals surface area contributed by atoms with Crippen molar-refractivity contribution in [3.05, 3.63) is 38.7 Å². The van der Waals surface area contributed by atoms with E-state index < -0.39 is 0 Å². The van der Waals surface area contributed by atoms with Crippen LogP contribution >= 0.6 is 34.2 Å². The lowest BCUT2D eigenvalue weighted by Gasteiger charge is -2.09. The van der Waals surface area contributed by atoms with Crippen LogP contribution in [0.3, 0.4) is 0 Å². The zero-order valence-electron chi connectivity index (χ0n) is 8.96. The van der Waals surface area contributed by atoms with E-state index in [1.54, 1.807) is 0 Å². The molecule has 0 spiro atoms. The van der Waals surface area contributed by atoms with Gasteiger partial charge in [0.2, 0.25) is 5.95 Å². The summed E-state index contributed by atoms with van der Waals surface area (Å²) in [5.41, 5.74) is 2.06. The summed E-state index contributed by atoms with van der Waals surface area (Å²) in [6.45, 7) is 1.97. The van der Waals surface area contributed by atoms with Crippen molar-refractivity contribution in [3.63, 3.8) is 0 Å². The van der Waals surface area contributed by atoms with Crippen LogP contribution in [0, 0.1) is 10.5 Å². The van der Waals surface area contributed by atoms with Crippen molar-refractivity contribution in [2.24, 2.45) is 0 Å². The summed E-state index contributed by atoms with van der Waals surface area (Å²) < 4.78 is 3.12.